The highest BCUT2D eigenvalue weighted by Gasteiger charge is 2.35. The molecule has 6 heteroatoms. The molecule has 1 aromatic carbocycles. The summed E-state index contributed by atoms with van der Waals surface area (Å²) in [5.41, 5.74) is -0.894. The second-order valence-corrected chi connectivity index (χ2v) is 4.49. The predicted molar refractivity (Wildman–Crippen MR) is 63.6 cm³/mol. The fourth-order valence-corrected chi connectivity index (χ4v) is 2.06. The monoisotopic (exact) mass is 270 g/mol. The topological polar surface area (TPSA) is 47.3 Å². The number of alkyl halides is 3. The van der Waals surface area contributed by atoms with Crippen LogP contribution in [-0.2, 0) is 6.18 Å². The molecule has 0 radical (unpaired) electrons. The summed E-state index contributed by atoms with van der Waals surface area (Å²) in [6.45, 7) is 0.186. The third-order valence-corrected chi connectivity index (χ3v) is 3.09. The van der Waals surface area contributed by atoms with Crippen LogP contribution in [0.15, 0.2) is 18.2 Å². The first kappa shape index (κ1) is 13.7. The smallest absolute Gasteiger partial charge is 0.395 e. The molecule has 1 aliphatic carbocycles. The van der Waals surface area contributed by atoms with Crippen LogP contribution >= 0.6 is 0 Å². The van der Waals surface area contributed by atoms with Gasteiger partial charge < -0.3 is 10.0 Å². The van der Waals surface area contributed by atoms with Gasteiger partial charge in [0.25, 0.3) is 0 Å². The zero-order valence-electron chi connectivity index (χ0n) is 10.1. The number of hydrogen-bond donors (Lipinski definition) is 1. The predicted octanol–water partition coefficient (Wildman–Crippen LogP) is 2.54. The molecule has 19 heavy (non-hydrogen) atoms. The van der Waals surface area contributed by atoms with Gasteiger partial charge in [0.2, 0.25) is 0 Å². The quantitative estimate of drug-likeness (QED) is 0.914. The number of benzene rings is 1. The van der Waals surface area contributed by atoms with Crippen molar-refractivity contribution >= 4 is 5.69 Å². The Kier molecular flexibility index (Phi) is 3.67. The lowest BCUT2D eigenvalue weighted by Crippen LogP contribution is -2.29. The number of nitriles is 1. The van der Waals surface area contributed by atoms with E-state index in [9.17, 15) is 13.2 Å². The summed E-state index contributed by atoms with van der Waals surface area (Å²) in [5.74, 6) is 0. The van der Waals surface area contributed by atoms with Crippen molar-refractivity contribution in [2.45, 2.75) is 25.1 Å². The van der Waals surface area contributed by atoms with E-state index in [0.717, 1.165) is 18.9 Å². The molecular formula is C13H13F3N2O. The second-order valence-electron chi connectivity index (χ2n) is 4.49. The number of rotatable bonds is 4. The summed E-state index contributed by atoms with van der Waals surface area (Å²) in [6.07, 6.45) is -2.71. The molecule has 1 aliphatic rings. The van der Waals surface area contributed by atoms with Crippen LogP contribution in [0.3, 0.4) is 0 Å². The molecule has 0 bridgehead atoms. The van der Waals surface area contributed by atoms with Gasteiger partial charge in [-0.05, 0) is 31.0 Å². The Morgan fingerprint density at radius 3 is 2.53 bits per heavy atom. The summed E-state index contributed by atoms with van der Waals surface area (Å²) in [7, 11) is 0. The zero-order valence-corrected chi connectivity index (χ0v) is 10.1. The van der Waals surface area contributed by atoms with Gasteiger partial charge in [-0.1, -0.05) is 0 Å². The van der Waals surface area contributed by atoms with E-state index in [1.807, 2.05) is 0 Å². The molecule has 1 fully saturated rings. The maximum Gasteiger partial charge on any atom is 0.417 e. The molecule has 0 aliphatic heterocycles. The van der Waals surface area contributed by atoms with Crippen molar-refractivity contribution in [1.29, 1.82) is 5.26 Å². The minimum absolute atomic E-state index is 0.113. The Morgan fingerprint density at radius 2 is 2.05 bits per heavy atom. The lowest BCUT2D eigenvalue weighted by atomic mass is 10.1. The van der Waals surface area contributed by atoms with E-state index in [1.165, 1.54) is 12.1 Å². The van der Waals surface area contributed by atoms with Crippen LogP contribution in [0.1, 0.15) is 24.0 Å². The van der Waals surface area contributed by atoms with E-state index in [4.69, 9.17) is 10.4 Å². The Labute approximate surface area is 108 Å². The Morgan fingerprint density at radius 1 is 1.37 bits per heavy atom. The maximum atomic E-state index is 12.9. The molecule has 102 valence electrons. The number of aliphatic hydroxyl groups is 1. The van der Waals surface area contributed by atoms with E-state index in [1.54, 1.807) is 11.0 Å². The summed E-state index contributed by atoms with van der Waals surface area (Å²) >= 11 is 0. The van der Waals surface area contributed by atoms with Crippen molar-refractivity contribution < 1.29 is 18.3 Å². The van der Waals surface area contributed by atoms with Crippen LogP contribution in [0, 0.1) is 11.3 Å². The van der Waals surface area contributed by atoms with E-state index >= 15 is 0 Å². The van der Waals surface area contributed by atoms with Gasteiger partial charge in [-0.25, -0.2) is 0 Å². The SMILES string of the molecule is N#Cc1ccc(N(CCO)C2CC2)cc1C(F)(F)F. The summed E-state index contributed by atoms with van der Waals surface area (Å²) in [6, 6.07) is 5.43. The first-order chi connectivity index (χ1) is 8.97. The number of aliphatic hydroxyl groups excluding tert-OH is 1. The van der Waals surface area contributed by atoms with E-state index in [0.29, 0.717) is 12.2 Å². The van der Waals surface area contributed by atoms with Gasteiger partial charge in [0, 0.05) is 18.3 Å². The van der Waals surface area contributed by atoms with Crippen molar-refractivity contribution in [3.63, 3.8) is 0 Å². The molecule has 1 saturated carbocycles. The lowest BCUT2D eigenvalue weighted by molar-refractivity contribution is -0.137. The lowest BCUT2D eigenvalue weighted by Gasteiger charge is -2.24. The molecule has 0 amide bonds. The first-order valence-corrected chi connectivity index (χ1v) is 5.96. The van der Waals surface area contributed by atoms with Gasteiger partial charge in [-0.2, -0.15) is 18.4 Å². The van der Waals surface area contributed by atoms with Gasteiger partial charge >= 0.3 is 6.18 Å². The first-order valence-electron chi connectivity index (χ1n) is 5.96. The van der Waals surface area contributed by atoms with E-state index in [2.05, 4.69) is 0 Å². The number of hydrogen-bond acceptors (Lipinski definition) is 3. The molecule has 0 atom stereocenters. The third-order valence-electron chi connectivity index (χ3n) is 3.09. The molecule has 0 saturated heterocycles. The van der Waals surface area contributed by atoms with Crippen LogP contribution in [0.5, 0.6) is 0 Å². The fourth-order valence-electron chi connectivity index (χ4n) is 2.06. The van der Waals surface area contributed by atoms with Crippen LogP contribution < -0.4 is 4.90 Å². The molecule has 3 nitrogen and oxygen atoms in total. The molecular weight excluding hydrogens is 257 g/mol. The van der Waals surface area contributed by atoms with Crippen molar-refractivity contribution in [1.82, 2.24) is 0 Å². The molecule has 0 unspecified atom stereocenters. The average Bonchev–Trinajstić information content (AvgIpc) is 3.18. The third kappa shape index (κ3) is 2.99. The largest absolute Gasteiger partial charge is 0.417 e. The highest BCUT2D eigenvalue weighted by atomic mass is 19.4. The van der Waals surface area contributed by atoms with Crippen molar-refractivity contribution in [3.05, 3.63) is 29.3 Å². The van der Waals surface area contributed by atoms with Gasteiger partial charge in [-0.15, -0.1) is 0 Å². The molecule has 0 spiro atoms. The molecule has 2 rings (SSSR count). The summed E-state index contributed by atoms with van der Waals surface area (Å²) in [5, 5.41) is 17.7. The molecule has 1 aromatic rings. The number of nitrogens with zero attached hydrogens (tertiary/aromatic N) is 2. The molecule has 0 aromatic heterocycles. The van der Waals surface area contributed by atoms with Gasteiger partial charge in [0.05, 0.1) is 23.8 Å². The van der Waals surface area contributed by atoms with Crippen LogP contribution in [0.2, 0.25) is 0 Å². The van der Waals surface area contributed by atoms with E-state index in [-0.39, 0.29) is 18.2 Å². The maximum absolute atomic E-state index is 12.9. The van der Waals surface area contributed by atoms with Gasteiger partial charge in [0.15, 0.2) is 0 Å². The second kappa shape index (κ2) is 5.10. The van der Waals surface area contributed by atoms with Crippen molar-refractivity contribution in [3.8, 4) is 6.07 Å². The highest BCUT2D eigenvalue weighted by molar-refractivity contribution is 5.56. The van der Waals surface area contributed by atoms with Crippen molar-refractivity contribution in [2.75, 3.05) is 18.1 Å². The van der Waals surface area contributed by atoms with Crippen molar-refractivity contribution in [2.24, 2.45) is 0 Å². The highest BCUT2D eigenvalue weighted by Crippen LogP contribution is 2.37. The van der Waals surface area contributed by atoms with Gasteiger partial charge in [-0.3, -0.25) is 0 Å². The molecule has 1 N–H and O–H groups in total. The number of anilines is 1. The Balaban J connectivity index is 2.39. The van der Waals surface area contributed by atoms with Crippen LogP contribution in [0.25, 0.3) is 0 Å². The Bertz CT molecular complexity index is 504. The van der Waals surface area contributed by atoms with Crippen LogP contribution in [-0.4, -0.2) is 24.3 Å². The average molecular weight is 270 g/mol. The van der Waals surface area contributed by atoms with E-state index < -0.39 is 11.7 Å². The number of halogens is 3. The minimum Gasteiger partial charge on any atom is -0.395 e. The summed E-state index contributed by atoms with van der Waals surface area (Å²) < 4.78 is 38.6. The minimum atomic E-state index is -4.55. The Hall–Kier alpha value is -1.74. The zero-order chi connectivity index (χ0) is 14.0. The fraction of sp³-hybridized carbons (Fsp3) is 0.462. The summed E-state index contributed by atoms with van der Waals surface area (Å²) in [4.78, 5) is 1.76. The normalized spacial score (nSPS) is 15.1. The molecule has 0 heterocycles. The van der Waals surface area contributed by atoms with Gasteiger partial charge in [0.1, 0.15) is 0 Å². The van der Waals surface area contributed by atoms with Crippen LogP contribution in [0.4, 0.5) is 18.9 Å². The standard InChI is InChI=1S/C13H13F3N2O/c14-13(15,16)12-7-11(2-1-9(12)8-17)18(5-6-19)10-3-4-10/h1-2,7,10,19H,3-6H2.